The van der Waals surface area contributed by atoms with Crippen LogP contribution in [0.5, 0.6) is 11.5 Å². The molecule has 4 N–H and O–H groups in total. The summed E-state index contributed by atoms with van der Waals surface area (Å²) >= 11 is 0. The van der Waals surface area contributed by atoms with Crippen molar-refractivity contribution in [1.82, 2.24) is 10.2 Å². The minimum Gasteiger partial charge on any atom is -0.493 e. The van der Waals surface area contributed by atoms with E-state index in [-0.39, 0.29) is 48.9 Å². The topological polar surface area (TPSA) is 129 Å². The summed E-state index contributed by atoms with van der Waals surface area (Å²) in [6, 6.07) is 13.1. The fourth-order valence-corrected chi connectivity index (χ4v) is 5.79. The maximum Gasteiger partial charge on any atom is 0.416 e. The van der Waals surface area contributed by atoms with Crippen LogP contribution in [0.2, 0.25) is 0 Å². The summed E-state index contributed by atoms with van der Waals surface area (Å²) in [5.74, 6) is -1.52. The van der Waals surface area contributed by atoms with Gasteiger partial charge in [-0.15, -0.1) is 0 Å². The third-order valence-corrected chi connectivity index (χ3v) is 8.05. The molecule has 0 aromatic heterocycles. The number of ether oxygens (including phenoxy) is 2. The van der Waals surface area contributed by atoms with E-state index in [1.807, 2.05) is 19.1 Å². The van der Waals surface area contributed by atoms with Crippen molar-refractivity contribution < 1.29 is 47.6 Å². The number of fused-ring (bicyclic) bond motifs is 3. The van der Waals surface area contributed by atoms with E-state index in [4.69, 9.17) is 9.47 Å². The molecule has 2 amide bonds. The molecule has 1 aliphatic heterocycles. The fourth-order valence-electron chi connectivity index (χ4n) is 5.79. The van der Waals surface area contributed by atoms with Crippen molar-refractivity contribution in [2.45, 2.75) is 50.4 Å². The highest BCUT2D eigenvalue weighted by atomic mass is 19.4. The van der Waals surface area contributed by atoms with Gasteiger partial charge in [0.15, 0.2) is 11.5 Å². The van der Waals surface area contributed by atoms with E-state index in [0.29, 0.717) is 16.7 Å². The van der Waals surface area contributed by atoms with Gasteiger partial charge in [0.05, 0.1) is 37.8 Å². The number of hydrogen-bond acceptors (Lipinski definition) is 7. The molecule has 4 unspecified atom stereocenters. The minimum atomic E-state index is -4.59. The molecule has 0 bridgehead atoms. The second-order valence-electron chi connectivity index (χ2n) is 11.0. The van der Waals surface area contributed by atoms with Gasteiger partial charge in [-0.05, 0) is 60.5 Å². The van der Waals surface area contributed by atoms with Crippen molar-refractivity contribution in [3.05, 3.63) is 106 Å². The second kappa shape index (κ2) is 12.9. The number of carbonyl (C=O) groups excluding carboxylic acids is 2. The molecular weight excluding hydrogens is 593 g/mol. The smallest absolute Gasteiger partial charge is 0.416 e. The van der Waals surface area contributed by atoms with Gasteiger partial charge in [-0.3, -0.25) is 9.59 Å². The molecule has 4 atom stereocenters. The Labute approximate surface area is 257 Å². The molecule has 9 nitrogen and oxygen atoms in total. The van der Waals surface area contributed by atoms with Crippen LogP contribution in [0.25, 0.3) is 0 Å². The van der Waals surface area contributed by atoms with Crippen LogP contribution in [0.1, 0.15) is 44.1 Å². The van der Waals surface area contributed by atoms with E-state index in [2.05, 4.69) is 5.32 Å². The van der Waals surface area contributed by atoms with Crippen LogP contribution >= 0.6 is 0 Å². The lowest BCUT2D eigenvalue weighted by Crippen LogP contribution is -2.55. The molecule has 0 saturated carbocycles. The molecule has 5 rings (SSSR count). The van der Waals surface area contributed by atoms with E-state index in [9.17, 15) is 38.1 Å². The van der Waals surface area contributed by atoms with Gasteiger partial charge in [-0.2, -0.15) is 13.2 Å². The Bertz CT molecular complexity index is 1590. The standard InChI is InChI=1S/C33H33F3N2O7/c1-18-3-5-19(6-4-18)16-38(32(43)21-7-9-22(10-8-21)33(34,35)36)25-15-24(31(42)37-11-12-39)27-23-13-20(17-40)14-26(44-2)29(23)45-30(27)28(25)41/h3-10,13-15,25,27-28,30,39-41H,11-12,16-17H2,1-2H3,(H,37,42). The first kappa shape index (κ1) is 32.0. The summed E-state index contributed by atoms with van der Waals surface area (Å²) in [6.07, 6.45) is -5.61. The number of amides is 2. The summed E-state index contributed by atoms with van der Waals surface area (Å²) in [5, 5.41) is 33.7. The number of rotatable bonds is 9. The normalized spacial score (nSPS) is 20.4. The van der Waals surface area contributed by atoms with Crippen molar-refractivity contribution in [2.24, 2.45) is 0 Å². The Balaban J connectivity index is 1.62. The number of halogens is 3. The number of benzene rings is 3. The molecule has 12 heteroatoms. The van der Waals surface area contributed by atoms with Crippen LogP contribution in [0.15, 0.2) is 72.3 Å². The highest BCUT2D eigenvalue weighted by molar-refractivity contribution is 5.97. The zero-order valence-corrected chi connectivity index (χ0v) is 24.5. The summed E-state index contributed by atoms with van der Waals surface area (Å²) in [4.78, 5) is 28.9. The number of aliphatic hydroxyl groups excluding tert-OH is 3. The van der Waals surface area contributed by atoms with Gasteiger partial charge >= 0.3 is 6.18 Å². The number of alkyl halides is 3. The molecule has 3 aromatic carbocycles. The predicted molar refractivity (Wildman–Crippen MR) is 157 cm³/mol. The van der Waals surface area contributed by atoms with E-state index < -0.39 is 47.7 Å². The fraction of sp³-hybridized carbons (Fsp3) is 0.333. The quantitative estimate of drug-likeness (QED) is 0.286. The first-order valence-corrected chi connectivity index (χ1v) is 14.3. The third-order valence-electron chi connectivity index (χ3n) is 8.05. The Kier molecular flexibility index (Phi) is 9.19. The second-order valence-corrected chi connectivity index (χ2v) is 11.0. The summed E-state index contributed by atoms with van der Waals surface area (Å²) in [7, 11) is 1.41. The van der Waals surface area contributed by atoms with Gasteiger partial charge in [0.1, 0.15) is 12.2 Å². The average Bonchev–Trinajstić information content (AvgIpc) is 3.42. The first-order valence-electron chi connectivity index (χ1n) is 14.3. The molecule has 1 heterocycles. The molecule has 0 radical (unpaired) electrons. The van der Waals surface area contributed by atoms with Gasteiger partial charge in [0, 0.05) is 29.8 Å². The monoisotopic (exact) mass is 626 g/mol. The van der Waals surface area contributed by atoms with E-state index in [0.717, 1.165) is 29.8 Å². The molecule has 238 valence electrons. The van der Waals surface area contributed by atoms with Gasteiger partial charge in [-0.25, -0.2) is 0 Å². The number of aryl methyl sites for hydroxylation is 1. The molecule has 0 spiro atoms. The lowest BCUT2D eigenvalue weighted by Gasteiger charge is -2.40. The first-order chi connectivity index (χ1) is 21.5. The SMILES string of the molecule is COc1cc(CO)cc2c1OC1C2C(C(=O)NCCO)=CC(N(Cc2ccc(C)cc2)C(=O)c2ccc(C(F)(F)F)cc2)C1O. The third kappa shape index (κ3) is 6.39. The summed E-state index contributed by atoms with van der Waals surface area (Å²) < 4.78 is 51.5. The van der Waals surface area contributed by atoms with Crippen molar-refractivity contribution in [2.75, 3.05) is 20.3 Å². The van der Waals surface area contributed by atoms with Gasteiger partial charge in [-0.1, -0.05) is 29.8 Å². The maximum atomic E-state index is 14.0. The van der Waals surface area contributed by atoms with Crippen molar-refractivity contribution in [3.8, 4) is 11.5 Å². The average molecular weight is 627 g/mol. The number of aliphatic hydroxyl groups is 3. The van der Waals surface area contributed by atoms with Crippen LogP contribution in [0, 0.1) is 6.92 Å². The van der Waals surface area contributed by atoms with Gasteiger partial charge < -0.3 is 35.0 Å². The Morgan fingerprint density at radius 1 is 1.02 bits per heavy atom. The zero-order chi connectivity index (χ0) is 32.5. The largest absolute Gasteiger partial charge is 0.493 e. The molecular formula is C33H33F3N2O7. The summed E-state index contributed by atoms with van der Waals surface area (Å²) in [6.45, 7) is 1.12. The van der Waals surface area contributed by atoms with Gasteiger partial charge in [0.2, 0.25) is 5.91 Å². The number of methoxy groups -OCH3 is 1. The van der Waals surface area contributed by atoms with Crippen molar-refractivity contribution in [1.29, 1.82) is 0 Å². The number of nitrogens with zero attached hydrogens (tertiary/aromatic N) is 1. The van der Waals surface area contributed by atoms with Crippen LogP contribution < -0.4 is 14.8 Å². The lowest BCUT2D eigenvalue weighted by molar-refractivity contribution is -0.137. The molecule has 0 fully saturated rings. The number of hydrogen-bond donors (Lipinski definition) is 4. The maximum absolute atomic E-state index is 14.0. The van der Waals surface area contributed by atoms with Crippen molar-refractivity contribution in [3.63, 3.8) is 0 Å². The Morgan fingerprint density at radius 2 is 1.71 bits per heavy atom. The van der Waals surface area contributed by atoms with Crippen LogP contribution in [-0.2, 0) is 24.1 Å². The zero-order valence-electron chi connectivity index (χ0n) is 24.5. The summed E-state index contributed by atoms with van der Waals surface area (Å²) in [5.41, 5.74) is 1.81. The van der Waals surface area contributed by atoms with Crippen LogP contribution in [0.3, 0.4) is 0 Å². The Hall–Kier alpha value is -4.39. The molecule has 1 aliphatic carbocycles. The van der Waals surface area contributed by atoms with E-state index in [1.54, 1.807) is 24.3 Å². The van der Waals surface area contributed by atoms with Crippen LogP contribution in [-0.4, -0.2) is 70.5 Å². The number of nitrogens with one attached hydrogen (secondary N) is 1. The van der Waals surface area contributed by atoms with E-state index >= 15 is 0 Å². The molecule has 0 saturated heterocycles. The molecule has 45 heavy (non-hydrogen) atoms. The lowest BCUT2D eigenvalue weighted by atomic mass is 9.77. The molecule has 3 aromatic rings. The van der Waals surface area contributed by atoms with E-state index in [1.165, 1.54) is 18.1 Å². The molecule has 2 aliphatic rings. The van der Waals surface area contributed by atoms with Crippen LogP contribution in [0.4, 0.5) is 13.2 Å². The Morgan fingerprint density at radius 3 is 2.31 bits per heavy atom. The number of carbonyl (C=O) groups is 2. The predicted octanol–water partition coefficient (Wildman–Crippen LogP) is 3.48. The van der Waals surface area contributed by atoms with Crippen molar-refractivity contribution >= 4 is 11.8 Å². The minimum absolute atomic E-state index is 0.0472. The highest BCUT2D eigenvalue weighted by Crippen LogP contribution is 2.51. The highest BCUT2D eigenvalue weighted by Gasteiger charge is 2.51. The van der Waals surface area contributed by atoms with Gasteiger partial charge in [0.25, 0.3) is 5.91 Å².